The zero-order valence-corrected chi connectivity index (χ0v) is 21.9. The van der Waals surface area contributed by atoms with Gasteiger partial charge in [0.05, 0.1) is 6.04 Å². The maximum absolute atomic E-state index is 13.0. The SMILES string of the molecule is CSCCC(N)C(=O)NC(CCC(=O)O)C(=O)NC(CCSC)C(=O)NC(CCCCN)C(=O)O. The van der Waals surface area contributed by atoms with Crippen molar-refractivity contribution in [1.29, 1.82) is 0 Å². The lowest BCUT2D eigenvalue weighted by Gasteiger charge is -2.25. The molecular weight excluding hydrogens is 498 g/mol. The summed E-state index contributed by atoms with van der Waals surface area (Å²) >= 11 is 2.94. The predicted octanol–water partition coefficient (Wildman–Crippen LogP) is -0.647. The second-order valence-corrected chi connectivity index (χ2v) is 9.88. The Morgan fingerprint density at radius 1 is 0.743 bits per heavy atom. The number of hydrogen-bond donors (Lipinski definition) is 7. The first-order chi connectivity index (χ1) is 16.6. The summed E-state index contributed by atoms with van der Waals surface area (Å²) < 4.78 is 0. The topological polar surface area (TPSA) is 214 Å². The molecule has 0 saturated heterocycles. The zero-order chi connectivity index (χ0) is 26.8. The zero-order valence-electron chi connectivity index (χ0n) is 20.3. The molecule has 0 saturated carbocycles. The van der Waals surface area contributed by atoms with Crippen LogP contribution in [-0.2, 0) is 24.0 Å². The summed E-state index contributed by atoms with van der Waals surface area (Å²) in [6, 6.07) is -4.30. The maximum Gasteiger partial charge on any atom is 0.326 e. The molecule has 0 radical (unpaired) electrons. The van der Waals surface area contributed by atoms with Gasteiger partial charge in [0.25, 0.3) is 0 Å². The number of carboxylic acid groups (broad SMARTS) is 2. The number of unbranched alkanes of at least 4 members (excludes halogenated alkanes) is 1. The van der Waals surface area contributed by atoms with Crippen molar-refractivity contribution in [3.05, 3.63) is 0 Å². The molecule has 0 aromatic rings. The molecule has 9 N–H and O–H groups in total. The van der Waals surface area contributed by atoms with Crippen LogP contribution in [0.3, 0.4) is 0 Å². The quantitative estimate of drug-likeness (QED) is 0.0969. The van der Waals surface area contributed by atoms with E-state index in [-0.39, 0.29) is 25.7 Å². The lowest BCUT2D eigenvalue weighted by Crippen LogP contribution is -2.57. The van der Waals surface area contributed by atoms with E-state index in [1.54, 1.807) is 0 Å². The molecule has 0 aliphatic heterocycles. The van der Waals surface area contributed by atoms with Gasteiger partial charge in [-0.05, 0) is 69.1 Å². The molecule has 0 rings (SSSR count). The van der Waals surface area contributed by atoms with Crippen LogP contribution in [0, 0.1) is 0 Å². The largest absolute Gasteiger partial charge is 0.481 e. The fraction of sp³-hybridized carbons (Fsp3) is 0.762. The highest BCUT2D eigenvalue weighted by Gasteiger charge is 2.30. The molecule has 3 amide bonds. The number of hydrogen-bond acceptors (Lipinski definition) is 9. The van der Waals surface area contributed by atoms with Gasteiger partial charge in [-0.25, -0.2) is 4.79 Å². The molecule has 202 valence electrons. The van der Waals surface area contributed by atoms with E-state index in [4.69, 9.17) is 16.6 Å². The molecule has 4 atom stereocenters. The Bertz CT molecular complexity index is 699. The van der Waals surface area contributed by atoms with Crippen molar-refractivity contribution in [1.82, 2.24) is 16.0 Å². The van der Waals surface area contributed by atoms with Crippen molar-refractivity contribution in [3.63, 3.8) is 0 Å². The van der Waals surface area contributed by atoms with Crippen molar-refractivity contribution >= 4 is 53.2 Å². The van der Waals surface area contributed by atoms with Crippen molar-refractivity contribution < 1.29 is 34.2 Å². The summed E-state index contributed by atoms with van der Waals surface area (Å²) in [5, 5.41) is 25.9. The van der Waals surface area contributed by atoms with E-state index in [0.717, 1.165) is 0 Å². The van der Waals surface area contributed by atoms with Gasteiger partial charge in [-0.3, -0.25) is 19.2 Å². The minimum Gasteiger partial charge on any atom is -0.481 e. The number of nitrogens with one attached hydrogen (secondary N) is 3. The van der Waals surface area contributed by atoms with E-state index in [0.29, 0.717) is 37.3 Å². The highest BCUT2D eigenvalue weighted by molar-refractivity contribution is 7.98. The first-order valence-corrected chi connectivity index (χ1v) is 14.1. The van der Waals surface area contributed by atoms with Crippen LogP contribution in [0.5, 0.6) is 0 Å². The normalized spacial score (nSPS) is 14.3. The number of amides is 3. The van der Waals surface area contributed by atoms with Crippen LogP contribution < -0.4 is 27.4 Å². The summed E-state index contributed by atoms with van der Waals surface area (Å²) in [5.41, 5.74) is 11.3. The molecule has 0 aromatic carbocycles. The van der Waals surface area contributed by atoms with Gasteiger partial charge in [0.1, 0.15) is 18.1 Å². The average molecular weight is 538 g/mol. The molecule has 0 fully saturated rings. The molecule has 0 bridgehead atoms. The van der Waals surface area contributed by atoms with Crippen LogP contribution in [0.4, 0.5) is 0 Å². The minimum absolute atomic E-state index is 0.187. The highest BCUT2D eigenvalue weighted by Crippen LogP contribution is 2.07. The molecular formula is C21H39N5O7S2. The number of carbonyl (C=O) groups excluding carboxylic acids is 3. The fourth-order valence-electron chi connectivity index (χ4n) is 2.99. The smallest absolute Gasteiger partial charge is 0.326 e. The van der Waals surface area contributed by atoms with Gasteiger partial charge < -0.3 is 37.6 Å². The number of aliphatic carboxylic acids is 2. The standard InChI is InChI=1S/C21H39N5O7S2/c1-34-11-8-13(23)18(29)24-14(6-7-17(27)28)19(30)25-15(9-12-35-2)20(31)26-16(21(32)33)5-3-4-10-22/h13-16H,3-12,22-23H2,1-2H3,(H,24,29)(H,25,30)(H,26,31)(H,27,28)(H,32,33). The Morgan fingerprint density at radius 2 is 1.26 bits per heavy atom. The molecule has 35 heavy (non-hydrogen) atoms. The molecule has 0 spiro atoms. The molecule has 0 heterocycles. The van der Waals surface area contributed by atoms with Crippen molar-refractivity contribution in [2.75, 3.05) is 30.6 Å². The van der Waals surface area contributed by atoms with E-state index in [2.05, 4.69) is 16.0 Å². The van der Waals surface area contributed by atoms with Gasteiger partial charge in [0.15, 0.2) is 0 Å². The number of rotatable bonds is 20. The van der Waals surface area contributed by atoms with Crippen molar-refractivity contribution in [2.45, 2.75) is 69.1 Å². The van der Waals surface area contributed by atoms with Crippen LogP contribution in [0.25, 0.3) is 0 Å². The second kappa shape index (κ2) is 19.2. The minimum atomic E-state index is -1.22. The molecule has 0 aliphatic rings. The maximum atomic E-state index is 13.0. The number of carboxylic acids is 2. The van der Waals surface area contributed by atoms with E-state index in [1.807, 2.05) is 12.5 Å². The number of thioether (sulfide) groups is 2. The van der Waals surface area contributed by atoms with E-state index in [9.17, 15) is 29.1 Å². The third kappa shape index (κ3) is 14.9. The third-order valence-corrected chi connectivity index (χ3v) is 6.34. The Kier molecular flexibility index (Phi) is 18.1. The Balaban J connectivity index is 5.43. The van der Waals surface area contributed by atoms with E-state index in [1.165, 1.54) is 23.5 Å². The van der Waals surface area contributed by atoms with Crippen LogP contribution in [0.1, 0.15) is 44.9 Å². The summed E-state index contributed by atoms with van der Waals surface area (Å²) in [6.07, 6.45) is 4.98. The van der Waals surface area contributed by atoms with Crippen molar-refractivity contribution in [3.8, 4) is 0 Å². The Labute approximate surface area is 214 Å². The average Bonchev–Trinajstić information content (AvgIpc) is 2.81. The van der Waals surface area contributed by atoms with Gasteiger partial charge in [-0.15, -0.1) is 0 Å². The predicted molar refractivity (Wildman–Crippen MR) is 137 cm³/mol. The monoisotopic (exact) mass is 537 g/mol. The molecule has 14 heteroatoms. The molecule has 0 aromatic heterocycles. The molecule has 4 unspecified atom stereocenters. The van der Waals surface area contributed by atoms with E-state index >= 15 is 0 Å². The van der Waals surface area contributed by atoms with Gasteiger partial charge in [0.2, 0.25) is 17.7 Å². The van der Waals surface area contributed by atoms with E-state index < -0.39 is 53.8 Å². The van der Waals surface area contributed by atoms with Gasteiger partial charge in [-0.1, -0.05) is 0 Å². The highest BCUT2D eigenvalue weighted by atomic mass is 32.2. The Hall–Kier alpha value is -2.03. The third-order valence-electron chi connectivity index (χ3n) is 5.05. The first-order valence-electron chi connectivity index (χ1n) is 11.4. The summed E-state index contributed by atoms with van der Waals surface area (Å²) in [4.78, 5) is 60.8. The number of carbonyl (C=O) groups is 5. The van der Waals surface area contributed by atoms with Crippen LogP contribution in [0.2, 0.25) is 0 Å². The lowest BCUT2D eigenvalue weighted by molar-refractivity contribution is -0.142. The van der Waals surface area contributed by atoms with Gasteiger partial charge >= 0.3 is 11.9 Å². The van der Waals surface area contributed by atoms with Crippen molar-refractivity contribution in [2.24, 2.45) is 11.5 Å². The summed E-state index contributed by atoms with van der Waals surface area (Å²) in [7, 11) is 0. The van der Waals surface area contributed by atoms with Crippen LogP contribution >= 0.6 is 23.5 Å². The van der Waals surface area contributed by atoms with Gasteiger partial charge in [0, 0.05) is 6.42 Å². The molecule has 12 nitrogen and oxygen atoms in total. The summed E-state index contributed by atoms with van der Waals surface area (Å²) in [5.74, 6) is -3.23. The second-order valence-electron chi connectivity index (χ2n) is 7.91. The lowest BCUT2D eigenvalue weighted by atomic mass is 10.1. The van der Waals surface area contributed by atoms with Crippen LogP contribution in [-0.4, -0.2) is 94.6 Å². The Morgan fingerprint density at radius 3 is 1.77 bits per heavy atom. The molecule has 0 aliphatic carbocycles. The van der Waals surface area contributed by atoms with Gasteiger partial charge in [-0.2, -0.15) is 23.5 Å². The first kappa shape index (κ1) is 33.0. The fourth-order valence-corrected chi connectivity index (χ4v) is 3.95. The summed E-state index contributed by atoms with van der Waals surface area (Å²) in [6.45, 7) is 0.400. The number of nitrogens with two attached hydrogens (primary N) is 2. The van der Waals surface area contributed by atoms with Crippen LogP contribution in [0.15, 0.2) is 0 Å².